The van der Waals surface area contributed by atoms with Crippen LogP contribution >= 0.6 is 0 Å². The second-order valence-corrected chi connectivity index (χ2v) is 5.02. The van der Waals surface area contributed by atoms with E-state index in [1.54, 1.807) is 18.3 Å². The lowest BCUT2D eigenvalue weighted by atomic mass is 10.1. The molecule has 128 valence electrons. The Labute approximate surface area is 137 Å². The zero-order valence-electron chi connectivity index (χ0n) is 14.3. The fraction of sp³-hybridized carbons (Fsp3) is 0.529. The van der Waals surface area contributed by atoms with Crippen LogP contribution in [-0.2, 0) is 0 Å². The molecule has 0 saturated carbocycles. The Morgan fingerprint density at radius 3 is 2.26 bits per heavy atom. The monoisotopic (exact) mass is 322 g/mol. The number of rotatable bonds is 10. The first-order valence-electron chi connectivity index (χ1n) is 7.79. The lowest BCUT2D eigenvalue weighted by Crippen LogP contribution is -2.17. The molecule has 23 heavy (non-hydrogen) atoms. The summed E-state index contributed by atoms with van der Waals surface area (Å²) in [6.45, 7) is 2.17. The van der Waals surface area contributed by atoms with Gasteiger partial charge < -0.3 is 14.2 Å². The molecule has 6 nitrogen and oxygen atoms in total. The summed E-state index contributed by atoms with van der Waals surface area (Å²) in [5, 5.41) is 3.96. The van der Waals surface area contributed by atoms with E-state index in [9.17, 15) is 4.79 Å². The number of carbonyl (C=O) groups excluding carboxylic acids is 1. The minimum absolute atomic E-state index is 0.325. The average Bonchev–Trinajstić information content (AvgIpc) is 2.59. The molecule has 0 unspecified atom stereocenters. The minimum Gasteiger partial charge on any atom is -0.493 e. The van der Waals surface area contributed by atoms with Crippen LogP contribution in [0.15, 0.2) is 17.2 Å². The summed E-state index contributed by atoms with van der Waals surface area (Å²) >= 11 is 0. The van der Waals surface area contributed by atoms with Gasteiger partial charge in [-0.2, -0.15) is 5.10 Å². The normalized spacial score (nSPS) is 10.6. The quantitative estimate of drug-likeness (QED) is 0.407. The molecule has 0 atom stereocenters. The molecule has 0 spiro atoms. The number of methoxy groups -OCH3 is 3. The fourth-order valence-electron chi connectivity index (χ4n) is 2.11. The molecule has 0 radical (unpaired) electrons. The van der Waals surface area contributed by atoms with Crippen LogP contribution in [0.5, 0.6) is 17.2 Å². The summed E-state index contributed by atoms with van der Waals surface area (Å²) in [6, 6.07) is 3.18. The SMILES string of the molecule is CCCCCC/C=N/NC(=O)c1cc(OC)c(OC)c(OC)c1. The van der Waals surface area contributed by atoms with Crippen molar-refractivity contribution in [3.05, 3.63) is 17.7 Å². The first-order valence-corrected chi connectivity index (χ1v) is 7.79. The van der Waals surface area contributed by atoms with Crippen molar-refractivity contribution in [1.29, 1.82) is 0 Å². The summed E-state index contributed by atoms with van der Waals surface area (Å²) in [7, 11) is 4.53. The first kappa shape index (κ1) is 18.8. The van der Waals surface area contributed by atoms with Gasteiger partial charge >= 0.3 is 0 Å². The van der Waals surface area contributed by atoms with Crippen molar-refractivity contribution >= 4 is 12.1 Å². The second-order valence-electron chi connectivity index (χ2n) is 5.02. The van der Waals surface area contributed by atoms with Gasteiger partial charge in [-0.1, -0.05) is 26.2 Å². The van der Waals surface area contributed by atoms with Crippen molar-refractivity contribution in [2.75, 3.05) is 21.3 Å². The number of ether oxygens (including phenoxy) is 3. The van der Waals surface area contributed by atoms with Gasteiger partial charge in [-0.25, -0.2) is 5.43 Å². The van der Waals surface area contributed by atoms with Crippen molar-refractivity contribution in [2.24, 2.45) is 5.10 Å². The highest BCUT2D eigenvalue weighted by Gasteiger charge is 2.16. The number of nitrogens with zero attached hydrogens (tertiary/aromatic N) is 1. The zero-order chi connectivity index (χ0) is 17.1. The van der Waals surface area contributed by atoms with Gasteiger partial charge in [0.2, 0.25) is 5.75 Å². The molecule has 0 bridgehead atoms. The number of unbranched alkanes of at least 4 members (excludes halogenated alkanes) is 4. The third kappa shape index (κ3) is 5.81. The van der Waals surface area contributed by atoms with E-state index in [-0.39, 0.29) is 5.91 Å². The van der Waals surface area contributed by atoms with Crippen LogP contribution in [0.4, 0.5) is 0 Å². The Hall–Kier alpha value is -2.24. The highest BCUT2D eigenvalue weighted by molar-refractivity contribution is 5.95. The summed E-state index contributed by atoms with van der Waals surface area (Å²) in [6.07, 6.45) is 7.28. The minimum atomic E-state index is -0.325. The van der Waals surface area contributed by atoms with E-state index in [1.165, 1.54) is 40.6 Å². The third-order valence-electron chi connectivity index (χ3n) is 3.37. The van der Waals surface area contributed by atoms with Gasteiger partial charge in [0.1, 0.15) is 0 Å². The van der Waals surface area contributed by atoms with Crippen molar-refractivity contribution in [1.82, 2.24) is 5.43 Å². The number of hydrogen-bond acceptors (Lipinski definition) is 5. The molecule has 1 N–H and O–H groups in total. The van der Waals surface area contributed by atoms with Gasteiger partial charge in [0.15, 0.2) is 11.5 Å². The number of benzene rings is 1. The van der Waals surface area contributed by atoms with Gasteiger partial charge in [-0.15, -0.1) is 0 Å². The van der Waals surface area contributed by atoms with Crippen LogP contribution in [0.2, 0.25) is 0 Å². The van der Waals surface area contributed by atoms with Crippen LogP contribution < -0.4 is 19.6 Å². The lowest BCUT2D eigenvalue weighted by molar-refractivity contribution is 0.0954. The number of hydrogen-bond donors (Lipinski definition) is 1. The first-order chi connectivity index (χ1) is 11.2. The maximum Gasteiger partial charge on any atom is 0.271 e. The van der Waals surface area contributed by atoms with E-state index in [0.717, 1.165) is 12.8 Å². The van der Waals surface area contributed by atoms with Gasteiger partial charge in [0, 0.05) is 11.8 Å². The van der Waals surface area contributed by atoms with Gasteiger partial charge in [0.25, 0.3) is 5.91 Å². The third-order valence-corrected chi connectivity index (χ3v) is 3.37. The number of nitrogens with one attached hydrogen (secondary N) is 1. The molecule has 1 rings (SSSR count). The highest BCUT2D eigenvalue weighted by atomic mass is 16.5. The van der Waals surface area contributed by atoms with Crippen LogP contribution in [0.3, 0.4) is 0 Å². The maximum absolute atomic E-state index is 12.1. The molecular weight excluding hydrogens is 296 g/mol. The van der Waals surface area contributed by atoms with Gasteiger partial charge in [0.05, 0.1) is 21.3 Å². The number of carbonyl (C=O) groups is 1. The Morgan fingerprint density at radius 2 is 1.74 bits per heavy atom. The molecule has 0 saturated heterocycles. The van der Waals surface area contributed by atoms with Crippen molar-refractivity contribution < 1.29 is 19.0 Å². The second kappa shape index (κ2) is 10.5. The molecule has 0 fully saturated rings. The van der Waals surface area contributed by atoms with E-state index in [1.807, 2.05) is 0 Å². The van der Waals surface area contributed by atoms with Crippen molar-refractivity contribution in [3.8, 4) is 17.2 Å². The van der Waals surface area contributed by atoms with E-state index >= 15 is 0 Å². The molecule has 0 heterocycles. The maximum atomic E-state index is 12.1. The standard InChI is InChI=1S/C17H26N2O4/c1-5-6-7-8-9-10-18-19-17(20)13-11-14(21-2)16(23-4)15(12-13)22-3/h10-12H,5-9H2,1-4H3,(H,19,20)/b18-10+. The van der Waals surface area contributed by atoms with E-state index in [0.29, 0.717) is 22.8 Å². The lowest BCUT2D eigenvalue weighted by Gasteiger charge is -2.13. The smallest absolute Gasteiger partial charge is 0.271 e. The Morgan fingerprint density at radius 1 is 1.09 bits per heavy atom. The molecule has 0 aromatic heterocycles. The number of amides is 1. The summed E-state index contributed by atoms with van der Waals surface area (Å²) in [4.78, 5) is 12.1. The topological polar surface area (TPSA) is 69.2 Å². The highest BCUT2D eigenvalue weighted by Crippen LogP contribution is 2.38. The fourth-order valence-corrected chi connectivity index (χ4v) is 2.11. The zero-order valence-corrected chi connectivity index (χ0v) is 14.3. The summed E-state index contributed by atoms with van der Waals surface area (Å²) < 4.78 is 15.7. The van der Waals surface area contributed by atoms with E-state index in [2.05, 4.69) is 17.5 Å². The molecule has 0 aliphatic heterocycles. The Kier molecular flexibility index (Phi) is 8.57. The summed E-state index contributed by atoms with van der Waals surface area (Å²) in [5.74, 6) is 0.987. The van der Waals surface area contributed by atoms with Crippen molar-refractivity contribution in [2.45, 2.75) is 39.0 Å². The van der Waals surface area contributed by atoms with Gasteiger partial charge in [-0.3, -0.25) is 4.79 Å². The largest absolute Gasteiger partial charge is 0.493 e. The molecule has 0 aliphatic carbocycles. The molecule has 6 heteroatoms. The van der Waals surface area contributed by atoms with E-state index < -0.39 is 0 Å². The predicted octanol–water partition coefficient (Wildman–Crippen LogP) is 3.40. The Balaban J connectivity index is 2.67. The molecule has 1 aromatic carbocycles. The predicted molar refractivity (Wildman–Crippen MR) is 90.8 cm³/mol. The molecule has 1 aromatic rings. The van der Waals surface area contributed by atoms with Crippen LogP contribution in [0.1, 0.15) is 49.4 Å². The van der Waals surface area contributed by atoms with Crippen LogP contribution in [0.25, 0.3) is 0 Å². The molecular formula is C17H26N2O4. The molecule has 1 amide bonds. The van der Waals surface area contributed by atoms with Crippen LogP contribution in [-0.4, -0.2) is 33.5 Å². The van der Waals surface area contributed by atoms with Crippen molar-refractivity contribution in [3.63, 3.8) is 0 Å². The number of hydrazone groups is 1. The molecule has 0 aliphatic rings. The van der Waals surface area contributed by atoms with Crippen LogP contribution in [0, 0.1) is 0 Å². The summed E-state index contributed by atoms with van der Waals surface area (Å²) in [5.41, 5.74) is 2.90. The average molecular weight is 322 g/mol. The van der Waals surface area contributed by atoms with E-state index in [4.69, 9.17) is 14.2 Å². The Bertz CT molecular complexity index is 504. The van der Waals surface area contributed by atoms with Gasteiger partial charge in [-0.05, 0) is 25.0 Å².